The first-order valence-corrected chi connectivity index (χ1v) is 9.72. The lowest BCUT2D eigenvalue weighted by Gasteiger charge is -2.33. The minimum atomic E-state index is -0.620. The van der Waals surface area contributed by atoms with E-state index in [2.05, 4.69) is 5.32 Å². The molecule has 1 fully saturated rings. The smallest absolute Gasteiger partial charge is 0.410 e. The van der Waals surface area contributed by atoms with Gasteiger partial charge in [0.25, 0.3) is 0 Å². The van der Waals surface area contributed by atoms with Gasteiger partial charge in [-0.2, -0.15) is 0 Å². The Balaban J connectivity index is 2.20. The number of ether oxygens (including phenoxy) is 4. The van der Waals surface area contributed by atoms with E-state index in [4.69, 9.17) is 18.9 Å². The zero-order valence-electron chi connectivity index (χ0n) is 18.4. The molecule has 9 nitrogen and oxygen atoms in total. The highest BCUT2D eigenvalue weighted by atomic mass is 16.6. The lowest BCUT2D eigenvalue weighted by molar-refractivity contribution is -0.121. The molecule has 1 saturated heterocycles. The Morgan fingerprint density at radius 2 is 1.70 bits per heavy atom. The topological polar surface area (TPSA) is 103 Å². The number of nitrogens with zero attached hydrogens (tertiary/aromatic N) is 1. The van der Waals surface area contributed by atoms with Crippen LogP contribution in [0.3, 0.4) is 0 Å². The maximum atomic E-state index is 12.9. The minimum Gasteiger partial charge on any atom is -0.493 e. The number of hydrogen-bond donors (Lipinski definition) is 1. The summed E-state index contributed by atoms with van der Waals surface area (Å²) in [5.41, 5.74) is -0.219. The molecular formula is C21H30N2O7. The Hall–Kier alpha value is -2.97. The van der Waals surface area contributed by atoms with Crippen LogP contribution < -0.4 is 14.8 Å². The molecule has 9 heteroatoms. The summed E-state index contributed by atoms with van der Waals surface area (Å²) in [6.45, 7) is 6.16. The monoisotopic (exact) mass is 422 g/mol. The van der Waals surface area contributed by atoms with E-state index in [0.717, 1.165) is 0 Å². The highest BCUT2D eigenvalue weighted by Crippen LogP contribution is 2.34. The minimum absolute atomic E-state index is 0.142. The molecule has 0 radical (unpaired) electrons. The van der Waals surface area contributed by atoms with Gasteiger partial charge in [0.2, 0.25) is 5.91 Å². The molecule has 0 aromatic heterocycles. The average molecular weight is 422 g/mol. The highest BCUT2D eigenvalue weighted by molar-refractivity contribution is 6.03. The van der Waals surface area contributed by atoms with E-state index >= 15 is 0 Å². The van der Waals surface area contributed by atoms with Gasteiger partial charge in [-0.3, -0.25) is 4.79 Å². The summed E-state index contributed by atoms with van der Waals surface area (Å²) < 4.78 is 20.7. The van der Waals surface area contributed by atoms with Crippen molar-refractivity contribution in [1.82, 2.24) is 4.90 Å². The zero-order valence-corrected chi connectivity index (χ0v) is 18.4. The standard InChI is InChI=1S/C21H30N2O7/c1-21(2,3)30-20(26)23-9-7-8-13(12-23)18(24)22-15-11-17(28-5)16(27-4)10-14(15)19(25)29-6/h10-11,13H,7-9,12H2,1-6H3,(H,22,24)/t13-/m0/s1. The first kappa shape index (κ1) is 23.3. The third-order valence-corrected chi connectivity index (χ3v) is 4.63. The quantitative estimate of drug-likeness (QED) is 0.727. The number of methoxy groups -OCH3 is 3. The Morgan fingerprint density at radius 3 is 2.27 bits per heavy atom. The van der Waals surface area contributed by atoms with Crippen molar-refractivity contribution < 1.29 is 33.3 Å². The van der Waals surface area contributed by atoms with Gasteiger partial charge in [-0.05, 0) is 33.6 Å². The Kier molecular flexibility index (Phi) is 7.53. The molecule has 1 heterocycles. The number of benzene rings is 1. The number of nitrogens with one attached hydrogen (secondary N) is 1. The van der Waals surface area contributed by atoms with Crippen molar-refractivity contribution in [3.8, 4) is 11.5 Å². The number of esters is 1. The first-order valence-electron chi connectivity index (χ1n) is 9.72. The number of anilines is 1. The second kappa shape index (κ2) is 9.69. The van der Waals surface area contributed by atoms with E-state index < -0.39 is 23.6 Å². The molecule has 1 atom stereocenters. The van der Waals surface area contributed by atoms with Crippen molar-refractivity contribution in [2.45, 2.75) is 39.2 Å². The normalized spacial score (nSPS) is 16.5. The van der Waals surface area contributed by atoms with Gasteiger partial charge in [0.15, 0.2) is 11.5 Å². The van der Waals surface area contributed by atoms with Crippen molar-refractivity contribution in [2.75, 3.05) is 39.7 Å². The van der Waals surface area contributed by atoms with Gasteiger partial charge in [-0.1, -0.05) is 0 Å². The van der Waals surface area contributed by atoms with Crippen LogP contribution in [0.4, 0.5) is 10.5 Å². The van der Waals surface area contributed by atoms with Gasteiger partial charge in [0.1, 0.15) is 5.60 Å². The van der Waals surface area contributed by atoms with Gasteiger partial charge in [-0.15, -0.1) is 0 Å². The Morgan fingerprint density at radius 1 is 1.07 bits per heavy atom. The van der Waals surface area contributed by atoms with Crippen LogP contribution in [0.15, 0.2) is 12.1 Å². The summed E-state index contributed by atoms with van der Waals surface area (Å²) in [7, 11) is 4.16. The highest BCUT2D eigenvalue weighted by Gasteiger charge is 2.32. The number of rotatable bonds is 5. The molecule has 166 valence electrons. The number of likely N-dealkylation sites (tertiary alicyclic amines) is 1. The molecule has 0 saturated carbocycles. The number of carbonyl (C=O) groups excluding carboxylic acids is 3. The maximum absolute atomic E-state index is 12.9. The molecule has 1 aliphatic heterocycles. The lowest BCUT2D eigenvalue weighted by Crippen LogP contribution is -2.45. The van der Waals surface area contributed by atoms with Crippen LogP contribution in [0.1, 0.15) is 44.0 Å². The average Bonchev–Trinajstić information content (AvgIpc) is 2.71. The van der Waals surface area contributed by atoms with Crippen LogP contribution >= 0.6 is 0 Å². The van der Waals surface area contributed by atoms with Crippen molar-refractivity contribution in [3.05, 3.63) is 17.7 Å². The van der Waals surface area contributed by atoms with Crippen LogP contribution in [-0.2, 0) is 14.3 Å². The number of carbonyl (C=O) groups is 3. The first-order chi connectivity index (χ1) is 14.1. The van der Waals surface area contributed by atoms with Crippen LogP contribution in [0, 0.1) is 5.92 Å². The molecule has 1 aromatic rings. The van der Waals surface area contributed by atoms with Crippen LogP contribution in [0.5, 0.6) is 11.5 Å². The van der Waals surface area contributed by atoms with Crippen molar-refractivity contribution in [2.24, 2.45) is 5.92 Å². The lowest BCUT2D eigenvalue weighted by atomic mass is 9.97. The van der Waals surface area contributed by atoms with Gasteiger partial charge < -0.3 is 29.2 Å². The van der Waals surface area contributed by atoms with E-state index in [1.165, 1.54) is 38.4 Å². The van der Waals surface area contributed by atoms with E-state index in [0.29, 0.717) is 30.9 Å². The van der Waals surface area contributed by atoms with Crippen molar-refractivity contribution in [3.63, 3.8) is 0 Å². The molecule has 2 amide bonds. The molecule has 0 bridgehead atoms. The second-order valence-corrected chi connectivity index (χ2v) is 8.00. The van der Waals surface area contributed by atoms with Gasteiger partial charge in [-0.25, -0.2) is 9.59 Å². The third-order valence-electron chi connectivity index (χ3n) is 4.63. The molecule has 1 aromatic carbocycles. The fourth-order valence-corrected chi connectivity index (χ4v) is 3.18. The molecule has 0 spiro atoms. The second-order valence-electron chi connectivity index (χ2n) is 8.00. The fourth-order valence-electron chi connectivity index (χ4n) is 3.18. The Labute approximate surface area is 176 Å². The van der Waals surface area contributed by atoms with E-state index in [1.807, 2.05) is 0 Å². The number of piperidine rings is 1. The predicted molar refractivity (Wildman–Crippen MR) is 110 cm³/mol. The molecular weight excluding hydrogens is 392 g/mol. The summed E-state index contributed by atoms with van der Waals surface area (Å²) in [6, 6.07) is 2.96. The van der Waals surface area contributed by atoms with E-state index in [9.17, 15) is 14.4 Å². The van der Waals surface area contributed by atoms with Gasteiger partial charge in [0, 0.05) is 25.2 Å². The zero-order chi connectivity index (χ0) is 22.5. The largest absolute Gasteiger partial charge is 0.493 e. The fraction of sp³-hybridized carbons (Fsp3) is 0.571. The SMILES string of the molecule is COC(=O)c1cc(OC)c(OC)cc1NC(=O)[C@H]1CCCN(C(=O)OC(C)(C)C)C1. The summed E-state index contributed by atoms with van der Waals surface area (Å²) in [6.07, 6.45) is 0.848. The van der Waals surface area contributed by atoms with Crippen LogP contribution in [0.25, 0.3) is 0 Å². The third kappa shape index (κ3) is 5.77. The van der Waals surface area contributed by atoms with Crippen molar-refractivity contribution >= 4 is 23.7 Å². The molecule has 0 aliphatic carbocycles. The van der Waals surface area contributed by atoms with Crippen molar-refractivity contribution in [1.29, 1.82) is 0 Å². The summed E-state index contributed by atoms with van der Waals surface area (Å²) in [4.78, 5) is 39.0. The Bertz CT molecular complexity index is 801. The molecule has 2 rings (SSSR count). The summed E-state index contributed by atoms with van der Waals surface area (Å²) >= 11 is 0. The maximum Gasteiger partial charge on any atom is 0.410 e. The summed E-state index contributed by atoms with van der Waals surface area (Å²) in [5, 5.41) is 2.78. The number of amides is 2. The van der Waals surface area contributed by atoms with E-state index in [1.54, 1.807) is 20.8 Å². The molecule has 1 N–H and O–H groups in total. The van der Waals surface area contributed by atoms with Gasteiger partial charge >= 0.3 is 12.1 Å². The van der Waals surface area contributed by atoms with Crippen LogP contribution in [-0.4, -0.2) is 62.9 Å². The number of hydrogen-bond acceptors (Lipinski definition) is 7. The molecule has 30 heavy (non-hydrogen) atoms. The van der Waals surface area contributed by atoms with Gasteiger partial charge in [0.05, 0.1) is 38.5 Å². The van der Waals surface area contributed by atoms with Crippen LogP contribution in [0.2, 0.25) is 0 Å². The van der Waals surface area contributed by atoms with E-state index in [-0.39, 0.29) is 23.7 Å². The molecule has 1 aliphatic rings. The summed E-state index contributed by atoms with van der Waals surface area (Å²) in [5.74, 6) is -0.667. The molecule has 0 unspecified atom stereocenters. The predicted octanol–water partition coefficient (Wildman–Crippen LogP) is 3.08.